The van der Waals surface area contributed by atoms with Crippen LogP contribution in [-0.2, 0) is 6.54 Å². The highest BCUT2D eigenvalue weighted by molar-refractivity contribution is 5.74. The summed E-state index contributed by atoms with van der Waals surface area (Å²) in [5.41, 5.74) is 1.05. The molecule has 2 rings (SSSR count). The Bertz CT molecular complexity index is 612. The van der Waals surface area contributed by atoms with Crippen molar-refractivity contribution in [1.82, 2.24) is 20.2 Å². The number of urea groups is 1. The van der Waals surface area contributed by atoms with Crippen molar-refractivity contribution in [3.8, 4) is 5.69 Å². The maximum atomic E-state index is 14.0. The van der Waals surface area contributed by atoms with Gasteiger partial charge in [-0.15, -0.1) is 0 Å². The minimum Gasteiger partial charge on any atom is -0.394 e. The monoisotopic (exact) mass is 306 g/mol. The van der Waals surface area contributed by atoms with Gasteiger partial charge in [-0.2, -0.15) is 0 Å². The maximum absolute atomic E-state index is 14.0. The summed E-state index contributed by atoms with van der Waals surface area (Å²) in [6, 6.07) is 4.08. The van der Waals surface area contributed by atoms with E-state index >= 15 is 0 Å². The third-order valence-corrected chi connectivity index (χ3v) is 3.30. The number of nitrogens with zero attached hydrogens (tertiary/aromatic N) is 2. The van der Waals surface area contributed by atoms with E-state index in [4.69, 9.17) is 5.11 Å². The quantitative estimate of drug-likeness (QED) is 0.758. The first-order valence-corrected chi connectivity index (χ1v) is 7.06. The molecule has 0 fully saturated rings. The maximum Gasteiger partial charge on any atom is 0.315 e. The summed E-state index contributed by atoms with van der Waals surface area (Å²) < 4.78 is 15.6. The summed E-state index contributed by atoms with van der Waals surface area (Å²) in [6.07, 6.45) is 5.38. The lowest BCUT2D eigenvalue weighted by Crippen LogP contribution is -2.43. The average Bonchev–Trinajstić information content (AvgIpc) is 3.04. The van der Waals surface area contributed by atoms with E-state index < -0.39 is 0 Å². The van der Waals surface area contributed by atoms with Gasteiger partial charge in [0.25, 0.3) is 0 Å². The second kappa shape index (κ2) is 7.56. The Morgan fingerprint density at radius 3 is 2.91 bits per heavy atom. The summed E-state index contributed by atoms with van der Waals surface area (Å²) in [6.45, 7) is 1.96. The van der Waals surface area contributed by atoms with E-state index in [9.17, 15) is 9.18 Å². The standard InChI is InChI=1S/C15H19FN4O2/c1-2-12(9-21)19-15(22)18-8-11-3-4-14(13(16)7-11)20-6-5-17-10-20/h3-7,10,12,21H,2,8-9H2,1H3,(H2,18,19,22). The fraction of sp³-hybridized carbons (Fsp3) is 0.333. The number of carbonyl (C=O) groups excluding carboxylic acids is 1. The first-order chi connectivity index (χ1) is 10.6. The summed E-state index contributed by atoms with van der Waals surface area (Å²) in [4.78, 5) is 15.5. The minimum atomic E-state index is -0.389. The molecule has 1 aromatic carbocycles. The number of aliphatic hydroxyl groups excluding tert-OH is 1. The minimum absolute atomic E-state index is 0.113. The Labute approximate surface area is 128 Å². The lowest BCUT2D eigenvalue weighted by molar-refractivity contribution is 0.214. The molecule has 1 heterocycles. The number of aromatic nitrogens is 2. The molecule has 118 valence electrons. The predicted molar refractivity (Wildman–Crippen MR) is 80.1 cm³/mol. The van der Waals surface area contributed by atoms with Crippen LogP contribution in [0.25, 0.3) is 5.69 Å². The second-order valence-corrected chi connectivity index (χ2v) is 4.87. The molecule has 0 aliphatic carbocycles. The van der Waals surface area contributed by atoms with Crippen molar-refractivity contribution in [2.24, 2.45) is 0 Å². The van der Waals surface area contributed by atoms with Crippen molar-refractivity contribution >= 4 is 6.03 Å². The van der Waals surface area contributed by atoms with Gasteiger partial charge in [-0.3, -0.25) is 0 Å². The zero-order valence-electron chi connectivity index (χ0n) is 12.3. The highest BCUT2D eigenvalue weighted by atomic mass is 19.1. The number of amides is 2. The molecule has 0 aliphatic heterocycles. The van der Waals surface area contributed by atoms with Crippen LogP contribution in [0.4, 0.5) is 9.18 Å². The van der Waals surface area contributed by atoms with Crippen LogP contribution in [-0.4, -0.2) is 33.3 Å². The average molecular weight is 306 g/mol. The third-order valence-electron chi connectivity index (χ3n) is 3.30. The summed E-state index contributed by atoms with van der Waals surface area (Å²) in [5, 5.41) is 14.3. The van der Waals surface area contributed by atoms with Gasteiger partial charge in [0.1, 0.15) is 5.82 Å². The zero-order chi connectivity index (χ0) is 15.9. The first kappa shape index (κ1) is 16.0. The molecule has 1 unspecified atom stereocenters. The molecule has 0 radical (unpaired) electrons. The van der Waals surface area contributed by atoms with E-state index in [-0.39, 0.29) is 31.0 Å². The van der Waals surface area contributed by atoms with E-state index in [1.165, 1.54) is 12.4 Å². The van der Waals surface area contributed by atoms with Crippen LogP contribution in [0.15, 0.2) is 36.9 Å². The number of hydrogen-bond acceptors (Lipinski definition) is 3. The van der Waals surface area contributed by atoms with Crippen molar-refractivity contribution in [2.45, 2.75) is 25.9 Å². The van der Waals surface area contributed by atoms with Gasteiger partial charge in [0.05, 0.1) is 24.7 Å². The van der Waals surface area contributed by atoms with Crippen LogP contribution < -0.4 is 10.6 Å². The van der Waals surface area contributed by atoms with Crippen molar-refractivity contribution in [3.05, 3.63) is 48.3 Å². The predicted octanol–water partition coefficient (Wildman–Crippen LogP) is 1.58. The van der Waals surface area contributed by atoms with Gasteiger partial charge in [-0.05, 0) is 24.1 Å². The first-order valence-electron chi connectivity index (χ1n) is 7.06. The van der Waals surface area contributed by atoms with Gasteiger partial charge in [-0.25, -0.2) is 14.2 Å². The summed E-state index contributed by atoms with van der Waals surface area (Å²) in [5.74, 6) is -0.389. The molecule has 7 heteroatoms. The van der Waals surface area contributed by atoms with Crippen molar-refractivity contribution in [3.63, 3.8) is 0 Å². The number of halogens is 1. The van der Waals surface area contributed by atoms with E-state index in [2.05, 4.69) is 15.6 Å². The van der Waals surface area contributed by atoms with Gasteiger partial charge < -0.3 is 20.3 Å². The van der Waals surface area contributed by atoms with Gasteiger partial charge >= 0.3 is 6.03 Å². The highest BCUT2D eigenvalue weighted by Gasteiger charge is 2.09. The Kier molecular flexibility index (Phi) is 5.48. The number of aliphatic hydroxyl groups is 1. The Morgan fingerprint density at radius 2 is 2.32 bits per heavy atom. The summed E-state index contributed by atoms with van der Waals surface area (Å²) in [7, 11) is 0. The Balaban J connectivity index is 1.94. The highest BCUT2D eigenvalue weighted by Crippen LogP contribution is 2.14. The lowest BCUT2D eigenvalue weighted by Gasteiger charge is -2.15. The fourth-order valence-corrected chi connectivity index (χ4v) is 1.97. The molecule has 1 aromatic heterocycles. The fourth-order valence-electron chi connectivity index (χ4n) is 1.97. The Morgan fingerprint density at radius 1 is 1.50 bits per heavy atom. The lowest BCUT2D eigenvalue weighted by atomic mass is 10.2. The summed E-state index contributed by atoms with van der Waals surface area (Å²) >= 11 is 0. The van der Waals surface area contributed by atoms with Crippen LogP contribution >= 0.6 is 0 Å². The third kappa shape index (κ3) is 4.05. The molecular formula is C15H19FN4O2. The molecule has 2 aromatic rings. The molecule has 1 atom stereocenters. The molecule has 0 saturated heterocycles. The van der Waals surface area contributed by atoms with Gasteiger partial charge in [0.2, 0.25) is 0 Å². The molecule has 0 saturated carbocycles. The molecule has 6 nitrogen and oxygen atoms in total. The second-order valence-electron chi connectivity index (χ2n) is 4.87. The molecule has 0 aliphatic rings. The van der Waals surface area contributed by atoms with Crippen LogP contribution in [0.3, 0.4) is 0 Å². The molecule has 22 heavy (non-hydrogen) atoms. The molecule has 0 bridgehead atoms. The van der Waals surface area contributed by atoms with Crippen molar-refractivity contribution in [1.29, 1.82) is 0 Å². The number of hydrogen-bond donors (Lipinski definition) is 3. The molecular weight excluding hydrogens is 287 g/mol. The molecule has 2 amide bonds. The van der Waals surface area contributed by atoms with Crippen LogP contribution in [0, 0.1) is 5.82 Å². The van der Waals surface area contributed by atoms with E-state index in [0.29, 0.717) is 17.7 Å². The van der Waals surface area contributed by atoms with Crippen LogP contribution in [0.5, 0.6) is 0 Å². The number of carbonyl (C=O) groups is 1. The van der Waals surface area contributed by atoms with E-state index in [1.54, 1.807) is 29.1 Å². The van der Waals surface area contributed by atoms with Crippen molar-refractivity contribution in [2.75, 3.05) is 6.61 Å². The number of nitrogens with one attached hydrogen (secondary N) is 2. The SMILES string of the molecule is CCC(CO)NC(=O)NCc1ccc(-n2ccnc2)c(F)c1. The zero-order valence-corrected chi connectivity index (χ0v) is 12.3. The number of rotatable bonds is 6. The largest absolute Gasteiger partial charge is 0.394 e. The molecule has 0 spiro atoms. The van der Waals surface area contributed by atoms with Crippen LogP contribution in [0.1, 0.15) is 18.9 Å². The van der Waals surface area contributed by atoms with Gasteiger partial charge in [-0.1, -0.05) is 13.0 Å². The topological polar surface area (TPSA) is 79.2 Å². The van der Waals surface area contributed by atoms with Gasteiger partial charge in [0, 0.05) is 18.9 Å². The molecule has 3 N–H and O–H groups in total. The van der Waals surface area contributed by atoms with Gasteiger partial charge in [0.15, 0.2) is 0 Å². The van der Waals surface area contributed by atoms with Crippen molar-refractivity contribution < 1.29 is 14.3 Å². The van der Waals surface area contributed by atoms with Crippen LogP contribution in [0.2, 0.25) is 0 Å². The number of imidazole rings is 1. The normalized spacial score (nSPS) is 12.0. The van der Waals surface area contributed by atoms with E-state index in [0.717, 1.165) is 0 Å². The Hall–Kier alpha value is -2.41. The smallest absolute Gasteiger partial charge is 0.315 e. The number of benzene rings is 1. The van der Waals surface area contributed by atoms with E-state index in [1.807, 2.05) is 6.92 Å².